The predicted molar refractivity (Wildman–Crippen MR) is 104 cm³/mol. The van der Waals surface area contributed by atoms with E-state index in [1.165, 1.54) is 6.07 Å². The second kappa shape index (κ2) is 7.55. The van der Waals surface area contributed by atoms with Crippen molar-refractivity contribution < 1.29 is 27.2 Å². The Morgan fingerprint density at radius 3 is 2.44 bits per heavy atom. The molecule has 4 rings (SSSR count). The Morgan fingerprint density at radius 1 is 1.09 bits per heavy atom. The van der Waals surface area contributed by atoms with Crippen LogP contribution in [-0.2, 0) is 23.3 Å². The number of alkyl halides is 3. The van der Waals surface area contributed by atoms with Gasteiger partial charge in [0.15, 0.2) is 5.76 Å². The number of hydrogen-bond acceptors (Lipinski definition) is 5. The molecule has 0 fully saturated rings. The fraction of sp³-hybridized carbons (Fsp3) is 0.200. The van der Waals surface area contributed by atoms with Crippen molar-refractivity contribution in [2.45, 2.75) is 24.7 Å². The number of rotatable bonds is 5. The maximum absolute atomic E-state index is 14.3. The lowest BCUT2D eigenvalue weighted by Crippen LogP contribution is -2.62. The Balaban J connectivity index is 1.84. The molecule has 0 aliphatic carbocycles. The molecule has 3 N–H and O–H groups in total. The van der Waals surface area contributed by atoms with Gasteiger partial charge in [-0.1, -0.05) is 30.3 Å². The molecule has 0 unspecified atom stereocenters. The van der Waals surface area contributed by atoms with Crippen molar-refractivity contribution in [3.8, 4) is 0 Å². The van der Waals surface area contributed by atoms with Gasteiger partial charge >= 0.3 is 11.9 Å². The Hall–Kier alpha value is -4.09. The van der Waals surface area contributed by atoms with Crippen molar-refractivity contribution in [3.05, 3.63) is 86.5 Å². The van der Waals surface area contributed by atoms with Crippen LogP contribution in [0.15, 0.2) is 62.7 Å². The highest BCUT2D eigenvalue weighted by atomic mass is 19.4. The molecule has 0 bridgehead atoms. The zero-order valence-electron chi connectivity index (χ0n) is 16.2. The third-order valence-corrected chi connectivity index (χ3v) is 5.09. The number of nitrogens with zero attached hydrogens (tertiary/aromatic N) is 1. The van der Waals surface area contributed by atoms with E-state index in [-0.39, 0.29) is 13.0 Å². The molecule has 3 aromatic rings. The molecule has 0 saturated carbocycles. The molecule has 0 radical (unpaired) electrons. The van der Waals surface area contributed by atoms with Crippen molar-refractivity contribution in [2.24, 2.45) is 0 Å². The van der Waals surface area contributed by atoms with Gasteiger partial charge in [0.1, 0.15) is 11.4 Å². The Morgan fingerprint density at radius 2 is 1.81 bits per heavy atom. The first kappa shape index (κ1) is 21.2. The van der Waals surface area contributed by atoms with Crippen molar-refractivity contribution in [1.82, 2.24) is 14.9 Å². The van der Waals surface area contributed by atoms with E-state index in [1.54, 1.807) is 35.6 Å². The number of nitrogens with one attached hydrogen (secondary N) is 3. The molecular weight excluding hydrogens is 433 g/mol. The minimum Gasteiger partial charge on any atom is -0.459 e. The number of H-pyrrole nitrogens is 1. The fourth-order valence-electron chi connectivity index (χ4n) is 3.56. The summed E-state index contributed by atoms with van der Waals surface area (Å²) in [6.45, 7) is -0.137. The van der Waals surface area contributed by atoms with E-state index in [4.69, 9.17) is 4.42 Å². The number of carbonyl (C=O) groups is 2. The topological polar surface area (TPSA) is 126 Å². The van der Waals surface area contributed by atoms with Gasteiger partial charge in [-0.05, 0) is 24.1 Å². The minimum absolute atomic E-state index is 0.137. The third-order valence-electron chi connectivity index (χ3n) is 5.09. The summed E-state index contributed by atoms with van der Waals surface area (Å²) in [5.74, 6) is -4.21. The quantitative estimate of drug-likeness (QED) is 0.546. The van der Waals surface area contributed by atoms with Gasteiger partial charge in [-0.2, -0.15) is 13.2 Å². The van der Waals surface area contributed by atoms with E-state index in [0.717, 1.165) is 22.5 Å². The monoisotopic (exact) mass is 448 g/mol. The summed E-state index contributed by atoms with van der Waals surface area (Å²) in [6, 6.07) is 11.1. The third kappa shape index (κ3) is 3.29. The molecule has 0 spiro atoms. The van der Waals surface area contributed by atoms with E-state index in [0.29, 0.717) is 0 Å². The van der Waals surface area contributed by atoms with Gasteiger partial charge in [0, 0.05) is 6.54 Å². The summed E-state index contributed by atoms with van der Waals surface area (Å²) in [5.41, 5.74) is -6.52. The van der Waals surface area contributed by atoms with Crippen LogP contribution in [0, 0.1) is 0 Å². The van der Waals surface area contributed by atoms with Crippen molar-refractivity contribution in [3.63, 3.8) is 0 Å². The van der Waals surface area contributed by atoms with Gasteiger partial charge in [-0.3, -0.25) is 23.9 Å². The Labute approximate surface area is 176 Å². The summed E-state index contributed by atoms with van der Waals surface area (Å²) < 4.78 is 48.4. The number of fused-ring (bicyclic) bond motifs is 1. The summed E-state index contributed by atoms with van der Waals surface area (Å²) >= 11 is 0. The van der Waals surface area contributed by atoms with E-state index in [1.807, 2.05) is 10.3 Å². The molecule has 9 nitrogen and oxygen atoms in total. The van der Waals surface area contributed by atoms with Crippen molar-refractivity contribution >= 4 is 17.6 Å². The second-order valence-electron chi connectivity index (χ2n) is 7.00. The van der Waals surface area contributed by atoms with Crippen molar-refractivity contribution in [1.29, 1.82) is 0 Å². The van der Waals surface area contributed by atoms with E-state index >= 15 is 0 Å². The SMILES string of the molecule is O=C(N[C@]1(C(F)(F)F)C(=O)Nc2c1c(=O)[nH]c(=O)n2CCc1ccccc1)c1ccco1. The van der Waals surface area contributed by atoms with Gasteiger partial charge in [0.2, 0.25) is 0 Å². The molecule has 1 atom stereocenters. The van der Waals surface area contributed by atoms with Gasteiger partial charge in [-0.25, -0.2) is 4.79 Å². The van der Waals surface area contributed by atoms with Crippen LogP contribution in [0.4, 0.5) is 19.0 Å². The molecule has 3 heterocycles. The van der Waals surface area contributed by atoms with Gasteiger partial charge in [0.05, 0.1) is 6.26 Å². The zero-order chi connectivity index (χ0) is 23.1. The highest BCUT2D eigenvalue weighted by molar-refractivity contribution is 6.08. The number of hydrogen-bond donors (Lipinski definition) is 3. The van der Waals surface area contributed by atoms with Crippen LogP contribution >= 0.6 is 0 Å². The largest absolute Gasteiger partial charge is 0.459 e. The smallest absolute Gasteiger partial charge is 0.425 e. The molecular formula is C20H15F3N4O5. The van der Waals surface area contributed by atoms with Gasteiger partial charge in [0.25, 0.3) is 22.9 Å². The summed E-state index contributed by atoms with van der Waals surface area (Å²) in [4.78, 5) is 51.7. The zero-order valence-corrected chi connectivity index (χ0v) is 16.2. The number of carbonyl (C=O) groups excluding carboxylic acids is 2. The predicted octanol–water partition coefficient (Wildman–Crippen LogP) is 1.51. The van der Waals surface area contributed by atoms with Crippen LogP contribution in [0.25, 0.3) is 0 Å². The van der Waals surface area contributed by atoms with E-state index in [9.17, 15) is 32.3 Å². The highest BCUT2D eigenvalue weighted by Crippen LogP contribution is 2.45. The number of benzene rings is 1. The molecule has 12 heteroatoms. The standard InChI is InChI=1S/C20H15F3N4O5/c21-20(22,23)19(26-15(28)12-7-4-10-32-12)13-14(24-17(19)30)27(18(31)25-16(13)29)9-8-11-5-2-1-3-6-11/h1-7,10H,8-9H2,(H,24,30)(H,26,28)(H,25,29,31)/t19-/m0/s1. The molecule has 2 aromatic heterocycles. The average Bonchev–Trinajstić information content (AvgIpc) is 3.36. The van der Waals surface area contributed by atoms with Crippen LogP contribution < -0.4 is 21.9 Å². The average molecular weight is 448 g/mol. The fourth-order valence-corrected chi connectivity index (χ4v) is 3.56. The number of halogens is 3. The number of aromatic amines is 1. The first-order valence-electron chi connectivity index (χ1n) is 9.31. The number of furan rings is 1. The van der Waals surface area contributed by atoms with Crippen LogP contribution in [0.1, 0.15) is 21.7 Å². The second-order valence-corrected chi connectivity index (χ2v) is 7.00. The number of aromatic nitrogens is 2. The molecule has 166 valence electrons. The van der Waals surface area contributed by atoms with Crippen LogP contribution in [0.2, 0.25) is 0 Å². The lowest BCUT2D eigenvalue weighted by Gasteiger charge is -2.29. The number of aryl methyl sites for hydroxylation is 1. The van der Waals surface area contributed by atoms with E-state index < -0.39 is 51.9 Å². The molecule has 32 heavy (non-hydrogen) atoms. The Kier molecular flexibility index (Phi) is 4.99. The summed E-state index contributed by atoms with van der Waals surface area (Å²) in [7, 11) is 0. The molecule has 1 aromatic carbocycles. The normalized spacial score (nSPS) is 17.7. The first-order valence-corrected chi connectivity index (χ1v) is 9.31. The molecule has 1 aliphatic rings. The highest BCUT2D eigenvalue weighted by Gasteiger charge is 2.68. The Bertz CT molecular complexity index is 1300. The van der Waals surface area contributed by atoms with Crippen molar-refractivity contribution in [2.75, 3.05) is 5.32 Å². The van der Waals surface area contributed by atoms with Gasteiger partial charge < -0.3 is 15.1 Å². The maximum atomic E-state index is 14.3. The summed E-state index contributed by atoms with van der Waals surface area (Å²) in [5, 5.41) is 3.57. The molecule has 0 saturated heterocycles. The number of amides is 2. The van der Waals surface area contributed by atoms with Crippen LogP contribution in [0.5, 0.6) is 0 Å². The lowest BCUT2D eigenvalue weighted by atomic mass is 9.91. The van der Waals surface area contributed by atoms with E-state index in [2.05, 4.69) is 0 Å². The summed E-state index contributed by atoms with van der Waals surface area (Å²) in [6.07, 6.45) is -4.13. The number of anilines is 1. The van der Waals surface area contributed by atoms with Crippen LogP contribution in [0.3, 0.4) is 0 Å². The minimum atomic E-state index is -5.42. The molecule has 2 amide bonds. The maximum Gasteiger partial charge on any atom is 0.425 e. The molecule has 1 aliphatic heterocycles. The first-order chi connectivity index (χ1) is 15.1. The lowest BCUT2D eigenvalue weighted by molar-refractivity contribution is -0.196. The van der Waals surface area contributed by atoms with Gasteiger partial charge in [-0.15, -0.1) is 0 Å². The van der Waals surface area contributed by atoms with Crippen LogP contribution in [-0.4, -0.2) is 27.5 Å².